The zero-order chi connectivity index (χ0) is 23.4. The number of amides is 3. The van der Waals surface area contributed by atoms with Gasteiger partial charge in [0.25, 0.3) is 17.7 Å². The van der Waals surface area contributed by atoms with Gasteiger partial charge in [-0.2, -0.15) is 0 Å². The summed E-state index contributed by atoms with van der Waals surface area (Å²) in [6.07, 6.45) is 2.06. The maximum atomic E-state index is 13.2. The van der Waals surface area contributed by atoms with E-state index in [9.17, 15) is 14.4 Å². The van der Waals surface area contributed by atoms with Crippen LogP contribution in [0, 0.1) is 6.92 Å². The molecule has 2 N–H and O–H groups in total. The Bertz CT molecular complexity index is 1170. The van der Waals surface area contributed by atoms with Gasteiger partial charge in [-0.3, -0.25) is 14.4 Å². The minimum absolute atomic E-state index is 0.0203. The molecule has 1 aromatic heterocycles. The van der Waals surface area contributed by atoms with Crippen molar-refractivity contribution in [2.45, 2.75) is 25.8 Å². The summed E-state index contributed by atoms with van der Waals surface area (Å²) in [5.74, 6) is -0.735. The van der Waals surface area contributed by atoms with Gasteiger partial charge >= 0.3 is 0 Å². The molecule has 0 radical (unpaired) electrons. The third-order valence-electron chi connectivity index (χ3n) is 5.59. The van der Waals surface area contributed by atoms with E-state index < -0.39 is 6.04 Å². The highest BCUT2D eigenvalue weighted by molar-refractivity contribution is 7.18. The second-order valence-corrected chi connectivity index (χ2v) is 9.65. The number of hydrogen-bond donors (Lipinski definition) is 2. The molecule has 33 heavy (non-hydrogen) atoms. The van der Waals surface area contributed by atoms with Crippen LogP contribution < -0.4 is 10.6 Å². The number of carbonyl (C=O) groups is 3. The van der Waals surface area contributed by atoms with Crippen LogP contribution in [-0.2, 0) is 4.79 Å². The number of likely N-dealkylation sites (tertiary alicyclic amines) is 1. The average molecular weight is 482 g/mol. The van der Waals surface area contributed by atoms with E-state index in [1.807, 2.05) is 30.0 Å². The summed E-state index contributed by atoms with van der Waals surface area (Å²) < 4.78 is 0.500. The van der Waals surface area contributed by atoms with Crippen molar-refractivity contribution in [1.82, 2.24) is 10.2 Å². The fourth-order valence-corrected chi connectivity index (χ4v) is 4.82. The van der Waals surface area contributed by atoms with Gasteiger partial charge in [-0.05, 0) is 61.2 Å². The number of carbonyl (C=O) groups excluding carboxylic acids is 3. The Hall–Kier alpha value is -3.16. The first kappa shape index (κ1) is 23.0. The van der Waals surface area contributed by atoms with Crippen molar-refractivity contribution in [3.8, 4) is 0 Å². The van der Waals surface area contributed by atoms with Gasteiger partial charge in [-0.15, -0.1) is 11.3 Å². The number of nitrogens with zero attached hydrogens (tertiary/aromatic N) is 1. The quantitative estimate of drug-likeness (QED) is 0.516. The summed E-state index contributed by atoms with van der Waals surface area (Å²) >= 11 is 7.10. The molecule has 8 heteroatoms. The molecule has 0 bridgehead atoms. The van der Waals surface area contributed by atoms with E-state index in [-0.39, 0.29) is 17.7 Å². The molecule has 0 spiro atoms. The molecular weight excluding hydrogens is 458 g/mol. The number of rotatable bonds is 6. The molecular formula is C25H24ClN3O3S. The van der Waals surface area contributed by atoms with Crippen LogP contribution >= 0.6 is 22.9 Å². The monoisotopic (exact) mass is 481 g/mol. The van der Waals surface area contributed by atoms with Gasteiger partial charge in [0.1, 0.15) is 6.04 Å². The normalized spacial score (nSPS) is 14.1. The third kappa shape index (κ3) is 5.43. The zero-order valence-electron chi connectivity index (χ0n) is 18.1. The molecule has 1 aliphatic rings. The van der Waals surface area contributed by atoms with Gasteiger partial charge in [-0.25, -0.2) is 0 Å². The van der Waals surface area contributed by atoms with Crippen molar-refractivity contribution in [2.75, 3.05) is 18.4 Å². The summed E-state index contributed by atoms with van der Waals surface area (Å²) in [4.78, 5) is 40.9. The van der Waals surface area contributed by atoms with E-state index in [0.717, 1.165) is 42.8 Å². The number of thiophene rings is 1. The standard InChI is InChI=1S/C25H24ClN3O3S/c1-16-15-18(9-10-19(16)25(32)29-13-5-6-14-29)27-24(31)22(17-7-3-2-4-8-17)28-23(30)20-11-12-21(26)33-20/h2-4,7-12,15,22H,5-6,13-14H2,1H3,(H,27,31)(H,28,30)/t22-/m1/s1. The Balaban J connectivity index is 1.52. The molecule has 3 amide bonds. The molecule has 0 aliphatic carbocycles. The van der Waals surface area contributed by atoms with Gasteiger partial charge in [0.15, 0.2) is 0 Å². The Labute approximate surface area is 201 Å². The van der Waals surface area contributed by atoms with Crippen LogP contribution in [0.4, 0.5) is 5.69 Å². The van der Waals surface area contributed by atoms with Crippen LogP contribution in [-0.4, -0.2) is 35.7 Å². The van der Waals surface area contributed by atoms with E-state index >= 15 is 0 Å². The molecule has 0 saturated carbocycles. The van der Waals surface area contributed by atoms with Gasteiger partial charge < -0.3 is 15.5 Å². The van der Waals surface area contributed by atoms with Crippen molar-refractivity contribution < 1.29 is 14.4 Å². The van der Waals surface area contributed by atoms with Crippen molar-refractivity contribution in [1.29, 1.82) is 0 Å². The molecule has 4 rings (SSSR count). The van der Waals surface area contributed by atoms with Gasteiger partial charge in [0.05, 0.1) is 9.21 Å². The summed E-state index contributed by atoms with van der Waals surface area (Å²) in [5.41, 5.74) is 2.64. The SMILES string of the molecule is Cc1cc(NC(=O)[C@H](NC(=O)c2ccc(Cl)s2)c2ccccc2)ccc1C(=O)N1CCCC1. The second kappa shape index (κ2) is 10.2. The summed E-state index contributed by atoms with van der Waals surface area (Å²) in [6.45, 7) is 3.42. The first-order valence-electron chi connectivity index (χ1n) is 10.7. The van der Waals surface area contributed by atoms with E-state index in [0.29, 0.717) is 26.0 Å². The zero-order valence-corrected chi connectivity index (χ0v) is 19.7. The third-order valence-corrected chi connectivity index (χ3v) is 6.82. The summed E-state index contributed by atoms with van der Waals surface area (Å²) in [5, 5.41) is 5.68. The smallest absolute Gasteiger partial charge is 0.262 e. The number of halogens is 1. The Kier molecular flexibility index (Phi) is 7.11. The van der Waals surface area contributed by atoms with Crippen molar-refractivity contribution in [3.63, 3.8) is 0 Å². The topological polar surface area (TPSA) is 78.5 Å². The lowest BCUT2D eigenvalue weighted by Gasteiger charge is -2.20. The van der Waals surface area contributed by atoms with Gasteiger partial charge in [-0.1, -0.05) is 41.9 Å². The molecule has 2 heterocycles. The first-order chi connectivity index (χ1) is 15.9. The van der Waals surface area contributed by atoms with Crippen molar-refractivity contribution >= 4 is 46.3 Å². The van der Waals surface area contributed by atoms with E-state index in [1.54, 1.807) is 42.5 Å². The van der Waals surface area contributed by atoms with Crippen LogP contribution in [0.25, 0.3) is 0 Å². The van der Waals surface area contributed by atoms with Gasteiger partial charge in [0, 0.05) is 24.3 Å². The molecule has 1 saturated heterocycles. The van der Waals surface area contributed by atoms with E-state index in [2.05, 4.69) is 10.6 Å². The molecule has 1 atom stereocenters. The fourth-order valence-electron chi connectivity index (χ4n) is 3.87. The average Bonchev–Trinajstić information content (AvgIpc) is 3.50. The summed E-state index contributed by atoms with van der Waals surface area (Å²) in [6, 6.07) is 16.7. The fraction of sp³-hybridized carbons (Fsp3) is 0.240. The highest BCUT2D eigenvalue weighted by Crippen LogP contribution is 2.24. The molecule has 170 valence electrons. The predicted octanol–water partition coefficient (Wildman–Crippen LogP) is 5.06. The van der Waals surface area contributed by atoms with Crippen molar-refractivity contribution in [3.05, 3.63) is 86.6 Å². The minimum atomic E-state index is -0.897. The predicted molar refractivity (Wildman–Crippen MR) is 131 cm³/mol. The lowest BCUT2D eigenvalue weighted by atomic mass is 10.0. The number of aryl methyl sites for hydroxylation is 1. The number of nitrogens with one attached hydrogen (secondary N) is 2. The van der Waals surface area contributed by atoms with Crippen LogP contribution in [0.2, 0.25) is 4.34 Å². The minimum Gasteiger partial charge on any atom is -0.339 e. The highest BCUT2D eigenvalue weighted by Gasteiger charge is 2.25. The van der Waals surface area contributed by atoms with Crippen LogP contribution in [0.5, 0.6) is 0 Å². The number of benzene rings is 2. The molecule has 1 aliphatic heterocycles. The highest BCUT2D eigenvalue weighted by atomic mass is 35.5. The lowest BCUT2D eigenvalue weighted by Crippen LogP contribution is -2.36. The lowest BCUT2D eigenvalue weighted by molar-refractivity contribution is -0.118. The van der Waals surface area contributed by atoms with E-state index in [4.69, 9.17) is 11.6 Å². The van der Waals surface area contributed by atoms with Crippen LogP contribution in [0.1, 0.15) is 50.0 Å². The van der Waals surface area contributed by atoms with E-state index in [1.165, 1.54) is 0 Å². The molecule has 1 fully saturated rings. The number of anilines is 1. The molecule has 3 aromatic rings. The Morgan fingerprint density at radius 2 is 1.73 bits per heavy atom. The Morgan fingerprint density at radius 3 is 2.36 bits per heavy atom. The molecule has 0 unspecified atom stereocenters. The summed E-state index contributed by atoms with van der Waals surface area (Å²) in [7, 11) is 0. The second-order valence-electron chi connectivity index (χ2n) is 7.94. The van der Waals surface area contributed by atoms with Crippen molar-refractivity contribution in [2.24, 2.45) is 0 Å². The number of hydrogen-bond acceptors (Lipinski definition) is 4. The maximum absolute atomic E-state index is 13.2. The maximum Gasteiger partial charge on any atom is 0.262 e. The first-order valence-corrected chi connectivity index (χ1v) is 11.9. The molecule has 6 nitrogen and oxygen atoms in total. The van der Waals surface area contributed by atoms with Crippen LogP contribution in [0.3, 0.4) is 0 Å². The van der Waals surface area contributed by atoms with Crippen LogP contribution in [0.15, 0.2) is 60.7 Å². The Morgan fingerprint density at radius 1 is 1.00 bits per heavy atom. The van der Waals surface area contributed by atoms with Gasteiger partial charge in [0.2, 0.25) is 0 Å². The largest absolute Gasteiger partial charge is 0.339 e. The molecule has 2 aromatic carbocycles.